The minimum absolute atomic E-state index is 1.18. The van der Waals surface area contributed by atoms with E-state index in [4.69, 9.17) is 0 Å². The molecule has 0 radical (unpaired) electrons. The summed E-state index contributed by atoms with van der Waals surface area (Å²) in [5.41, 5.74) is 0. The molecule has 0 aliphatic carbocycles. The third kappa shape index (κ3) is 3.54. The van der Waals surface area contributed by atoms with Gasteiger partial charge in [0.2, 0.25) is 0 Å². The molecule has 0 bridgehead atoms. The Labute approximate surface area is 78.2 Å². The molecule has 1 rings (SSSR count). The van der Waals surface area contributed by atoms with Gasteiger partial charge in [-0.3, -0.25) is 0 Å². The van der Waals surface area contributed by atoms with Crippen LogP contribution < -0.4 is 0 Å². The largest absolute Gasteiger partial charge is 0.149 e. The minimum Gasteiger partial charge on any atom is -0.149 e. The van der Waals surface area contributed by atoms with Gasteiger partial charge in [0.05, 0.1) is 0 Å². The lowest BCUT2D eigenvalue weighted by atomic mass is 10.3. The molecule has 64 valence electrons. The fraction of sp³-hybridized carbons (Fsp3) is 0.273. The van der Waals surface area contributed by atoms with Crippen LogP contribution in [0.15, 0.2) is 41.8 Å². The summed E-state index contributed by atoms with van der Waals surface area (Å²) in [5.74, 6) is 0. The summed E-state index contributed by atoms with van der Waals surface area (Å²) < 4.78 is 0. The van der Waals surface area contributed by atoms with E-state index in [-0.39, 0.29) is 0 Å². The van der Waals surface area contributed by atoms with Crippen LogP contribution in [0, 0.1) is 0 Å². The second-order valence-electron chi connectivity index (χ2n) is 2.60. The quantitative estimate of drug-likeness (QED) is 0.645. The molecule has 1 aromatic heterocycles. The zero-order valence-electron chi connectivity index (χ0n) is 7.36. The normalized spacial score (nSPS) is 9.08. The van der Waals surface area contributed by atoms with E-state index in [0.717, 1.165) is 0 Å². The van der Waals surface area contributed by atoms with Crippen molar-refractivity contribution in [1.82, 2.24) is 0 Å². The summed E-state index contributed by atoms with van der Waals surface area (Å²) in [6, 6.07) is 12.5. The van der Waals surface area contributed by atoms with Gasteiger partial charge in [-0.2, -0.15) is 0 Å². The van der Waals surface area contributed by atoms with Crippen molar-refractivity contribution in [1.29, 1.82) is 0 Å². The maximum absolute atomic E-state index is 2.21. The first-order valence-corrected chi connectivity index (χ1v) is 5.17. The van der Waals surface area contributed by atoms with Gasteiger partial charge in [0.15, 0.2) is 0 Å². The summed E-state index contributed by atoms with van der Waals surface area (Å²) in [5, 5.41) is 2.13. The Morgan fingerprint density at radius 2 is 1.83 bits per heavy atom. The molecular weight excluding hydrogens is 164 g/mol. The second kappa shape index (κ2) is 5.78. The number of hydrogen-bond donors (Lipinski definition) is 0. The van der Waals surface area contributed by atoms with E-state index in [1.807, 2.05) is 23.5 Å². The summed E-state index contributed by atoms with van der Waals surface area (Å²) in [7, 11) is 0. The maximum atomic E-state index is 2.21. The number of rotatable bonds is 2. The SMILES string of the molecule is CCCc1cccccccs1. The molecule has 12 heavy (non-hydrogen) atoms. The van der Waals surface area contributed by atoms with Gasteiger partial charge in [-0.05, 0) is 17.9 Å². The van der Waals surface area contributed by atoms with Crippen LogP contribution in [0.1, 0.15) is 18.2 Å². The van der Waals surface area contributed by atoms with Crippen LogP contribution in [-0.2, 0) is 6.42 Å². The fourth-order valence-electron chi connectivity index (χ4n) is 0.955. The van der Waals surface area contributed by atoms with Gasteiger partial charge in [-0.25, -0.2) is 0 Å². The highest BCUT2D eigenvalue weighted by Gasteiger charge is 1.84. The van der Waals surface area contributed by atoms with Crippen molar-refractivity contribution in [3.8, 4) is 0 Å². The molecule has 1 heterocycles. The average molecular weight is 178 g/mol. The molecule has 1 heteroatoms. The van der Waals surface area contributed by atoms with Gasteiger partial charge in [0.25, 0.3) is 0 Å². The zero-order valence-corrected chi connectivity index (χ0v) is 8.18. The van der Waals surface area contributed by atoms with Gasteiger partial charge in [0, 0.05) is 4.88 Å². The van der Waals surface area contributed by atoms with E-state index in [1.165, 1.54) is 17.7 Å². The fourth-order valence-corrected chi connectivity index (χ4v) is 1.78. The average Bonchev–Trinajstić information content (AvgIpc) is 2.19. The van der Waals surface area contributed by atoms with Crippen molar-refractivity contribution in [2.45, 2.75) is 19.8 Å². The first-order chi connectivity index (χ1) is 5.93. The summed E-state index contributed by atoms with van der Waals surface area (Å²) in [6.07, 6.45) is 2.40. The van der Waals surface area contributed by atoms with E-state index >= 15 is 0 Å². The Kier molecular flexibility index (Phi) is 4.47. The summed E-state index contributed by atoms with van der Waals surface area (Å²) >= 11 is 1.81. The molecular formula is C11H14S. The molecule has 0 saturated carbocycles. The Morgan fingerprint density at radius 1 is 1.08 bits per heavy atom. The molecule has 0 saturated heterocycles. The lowest BCUT2D eigenvalue weighted by Crippen LogP contribution is -1.73. The monoisotopic (exact) mass is 178 g/mol. The van der Waals surface area contributed by atoms with E-state index in [2.05, 4.69) is 36.6 Å². The smallest absolute Gasteiger partial charge is 0.00448 e. The van der Waals surface area contributed by atoms with Crippen molar-refractivity contribution in [2.75, 3.05) is 0 Å². The zero-order chi connectivity index (χ0) is 8.65. The summed E-state index contributed by atoms with van der Waals surface area (Å²) in [4.78, 5) is 1.44. The van der Waals surface area contributed by atoms with E-state index in [9.17, 15) is 0 Å². The minimum atomic E-state index is 1.18. The molecule has 0 spiro atoms. The molecule has 0 unspecified atom stereocenters. The van der Waals surface area contributed by atoms with Crippen LogP contribution in [0.4, 0.5) is 0 Å². The lowest BCUT2D eigenvalue weighted by molar-refractivity contribution is 0.939. The van der Waals surface area contributed by atoms with Crippen molar-refractivity contribution < 1.29 is 0 Å². The number of aryl methyl sites for hydroxylation is 1. The van der Waals surface area contributed by atoms with Crippen LogP contribution in [0.5, 0.6) is 0 Å². The predicted molar refractivity (Wildman–Crippen MR) is 55.9 cm³/mol. The Balaban J connectivity index is 2.93. The highest BCUT2D eigenvalue weighted by molar-refractivity contribution is 7.09. The van der Waals surface area contributed by atoms with E-state index in [1.54, 1.807) is 0 Å². The lowest BCUT2D eigenvalue weighted by Gasteiger charge is -1.90. The topological polar surface area (TPSA) is 0 Å². The molecule has 0 aliphatic rings. The molecule has 0 aromatic carbocycles. The van der Waals surface area contributed by atoms with Crippen LogP contribution in [-0.4, -0.2) is 0 Å². The molecule has 1 aromatic rings. The molecule has 0 fully saturated rings. The van der Waals surface area contributed by atoms with Gasteiger partial charge >= 0.3 is 0 Å². The standard InChI is InChI=1S/C11H14S/c1-2-8-11-9-6-4-3-5-7-10-12-11/h3-7,9-10H,2,8H2,1H3. The van der Waals surface area contributed by atoms with Crippen LogP contribution >= 0.6 is 11.3 Å². The third-order valence-corrected chi connectivity index (χ3v) is 2.46. The van der Waals surface area contributed by atoms with Gasteiger partial charge in [-0.1, -0.05) is 43.7 Å². The molecule has 0 atom stereocenters. The highest BCUT2D eigenvalue weighted by atomic mass is 32.1. The first-order valence-electron chi connectivity index (χ1n) is 4.29. The van der Waals surface area contributed by atoms with Gasteiger partial charge in [0.1, 0.15) is 0 Å². The molecule has 0 amide bonds. The predicted octanol–water partition coefficient (Wildman–Crippen LogP) is 3.83. The maximum Gasteiger partial charge on any atom is 0.00448 e. The summed E-state index contributed by atoms with van der Waals surface area (Å²) in [6.45, 7) is 2.21. The molecule has 0 aliphatic heterocycles. The van der Waals surface area contributed by atoms with Gasteiger partial charge < -0.3 is 0 Å². The Bertz CT molecular complexity index is 237. The van der Waals surface area contributed by atoms with Crippen molar-refractivity contribution in [3.05, 3.63) is 46.7 Å². The van der Waals surface area contributed by atoms with Crippen molar-refractivity contribution in [2.24, 2.45) is 0 Å². The molecule has 0 N–H and O–H groups in total. The van der Waals surface area contributed by atoms with E-state index < -0.39 is 0 Å². The Morgan fingerprint density at radius 3 is 2.67 bits per heavy atom. The van der Waals surface area contributed by atoms with Crippen LogP contribution in [0.2, 0.25) is 0 Å². The highest BCUT2D eigenvalue weighted by Crippen LogP contribution is 2.06. The van der Waals surface area contributed by atoms with Crippen LogP contribution in [0.3, 0.4) is 0 Å². The Hall–Kier alpha value is -0.820. The third-order valence-electron chi connectivity index (χ3n) is 1.52. The molecule has 0 nitrogen and oxygen atoms in total. The van der Waals surface area contributed by atoms with Crippen LogP contribution in [0.25, 0.3) is 0 Å². The number of hydrogen-bond acceptors (Lipinski definition) is 1. The van der Waals surface area contributed by atoms with Gasteiger partial charge in [-0.15, -0.1) is 11.3 Å². The second-order valence-corrected chi connectivity index (χ2v) is 3.63. The van der Waals surface area contributed by atoms with Crippen molar-refractivity contribution >= 4 is 11.3 Å². The van der Waals surface area contributed by atoms with E-state index in [0.29, 0.717) is 0 Å². The first kappa shape index (κ1) is 9.27. The van der Waals surface area contributed by atoms with Crippen molar-refractivity contribution in [3.63, 3.8) is 0 Å².